The highest BCUT2D eigenvalue weighted by atomic mass is 79.9. The quantitative estimate of drug-likeness (QED) is 0.485. The fourth-order valence-corrected chi connectivity index (χ4v) is 6.77. The van der Waals surface area contributed by atoms with Gasteiger partial charge in [0.05, 0.1) is 27.0 Å². The van der Waals surface area contributed by atoms with E-state index in [0.717, 1.165) is 40.7 Å². The molecule has 0 amide bonds. The lowest BCUT2D eigenvalue weighted by Gasteiger charge is -2.26. The van der Waals surface area contributed by atoms with Gasteiger partial charge in [-0.25, -0.2) is 9.67 Å². The Labute approximate surface area is 209 Å². The molecule has 1 N–H and O–H groups in total. The summed E-state index contributed by atoms with van der Waals surface area (Å²) < 4.78 is 2.67. The first-order chi connectivity index (χ1) is 15.6. The minimum Gasteiger partial charge on any atom is -0.391 e. The first-order valence-corrected chi connectivity index (χ1v) is 16.0. The molecule has 0 unspecified atom stereocenters. The summed E-state index contributed by atoms with van der Waals surface area (Å²) in [5.74, 6) is 0.915. The number of hydrogen-bond donors (Lipinski definition) is 1. The second kappa shape index (κ2) is 8.18. The van der Waals surface area contributed by atoms with E-state index in [1.807, 2.05) is 10.9 Å². The van der Waals surface area contributed by atoms with E-state index in [1.165, 1.54) is 11.1 Å². The van der Waals surface area contributed by atoms with E-state index in [0.29, 0.717) is 11.4 Å². The zero-order valence-corrected chi connectivity index (χ0v) is 22.7. The number of benzene rings is 1. The Bertz CT molecular complexity index is 1190. The number of pyridine rings is 1. The Kier molecular flexibility index (Phi) is 5.71. The zero-order valence-electron chi connectivity index (χ0n) is 19.4. The predicted octanol–water partition coefficient (Wildman–Crippen LogP) is 4.60. The lowest BCUT2D eigenvalue weighted by molar-refractivity contribution is 0.127. The van der Waals surface area contributed by atoms with E-state index >= 15 is 0 Å². The van der Waals surface area contributed by atoms with Crippen molar-refractivity contribution in [2.45, 2.75) is 63.5 Å². The molecule has 33 heavy (non-hydrogen) atoms. The van der Waals surface area contributed by atoms with Crippen LogP contribution in [0.3, 0.4) is 0 Å². The van der Waals surface area contributed by atoms with Gasteiger partial charge in [-0.15, -0.1) is 5.10 Å². The second-order valence-electron chi connectivity index (χ2n) is 10.6. The molecule has 6 nitrogen and oxygen atoms in total. The van der Waals surface area contributed by atoms with Crippen LogP contribution in [0.15, 0.2) is 41.1 Å². The van der Waals surface area contributed by atoms with Crippen molar-refractivity contribution in [1.82, 2.24) is 20.0 Å². The molecule has 3 atom stereocenters. The van der Waals surface area contributed by atoms with E-state index in [-0.39, 0.29) is 11.5 Å². The predicted molar refractivity (Wildman–Crippen MR) is 138 cm³/mol. The molecule has 9 heteroatoms. The minimum atomic E-state index is -1.58. The number of rotatable bonds is 4. The Morgan fingerprint density at radius 2 is 1.94 bits per heavy atom. The number of aliphatic hydroxyl groups is 1. The first-order valence-electron chi connectivity index (χ1n) is 11.3. The SMILES string of the molecule is Cc1ccc(CN2C[C@@]3(C[C@H](O)[C@@H](n4cc([Si](C)(C)C)nn4)C3)c3c2ncc(Br)c3Cl)cc1. The van der Waals surface area contributed by atoms with Crippen molar-refractivity contribution in [3.8, 4) is 0 Å². The fourth-order valence-electron chi connectivity index (χ4n) is 5.27. The van der Waals surface area contributed by atoms with Crippen molar-refractivity contribution < 1.29 is 5.11 Å². The zero-order chi connectivity index (χ0) is 23.5. The van der Waals surface area contributed by atoms with Gasteiger partial charge in [-0.3, -0.25) is 0 Å². The van der Waals surface area contributed by atoms with Gasteiger partial charge in [0.2, 0.25) is 0 Å². The fraction of sp³-hybridized carbons (Fsp3) is 0.458. The standard InChI is InChI=1S/C24H29BrClN5OSi/c1-15-5-7-16(8-6-15)12-30-14-24(21-22(26)17(25)11-27-23(21)30)9-18(19(32)10-24)31-13-20(28-29-31)33(2,3)4/h5-8,11,13,18-19,32H,9-10,12,14H2,1-4H3/t18-,19-,24+/m0/s1. The number of hydrogen-bond acceptors (Lipinski definition) is 5. The number of halogens is 2. The lowest BCUT2D eigenvalue weighted by Crippen LogP contribution is -2.38. The number of aromatic nitrogens is 4. The van der Waals surface area contributed by atoms with Gasteiger partial charge in [0.15, 0.2) is 0 Å². The summed E-state index contributed by atoms with van der Waals surface area (Å²) >= 11 is 10.5. The van der Waals surface area contributed by atoms with Crippen LogP contribution in [0, 0.1) is 6.92 Å². The Balaban J connectivity index is 1.51. The Morgan fingerprint density at radius 1 is 1.21 bits per heavy atom. The van der Waals surface area contributed by atoms with Crippen LogP contribution in [0.2, 0.25) is 24.7 Å². The van der Waals surface area contributed by atoms with Crippen LogP contribution in [0.4, 0.5) is 5.82 Å². The van der Waals surface area contributed by atoms with Crippen molar-refractivity contribution in [3.05, 3.63) is 62.8 Å². The number of aryl methyl sites for hydroxylation is 1. The molecular formula is C24H29BrClN5OSi. The highest BCUT2D eigenvalue weighted by molar-refractivity contribution is 9.10. The van der Waals surface area contributed by atoms with Gasteiger partial charge >= 0.3 is 0 Å². The molecule has 2 aromatic heterocycles. The van der Waals surface area contributed by atoms with E-state index in [9.17, 15) is 5.11 Å². The third-order valence-corrected chi connectivity index (χ3v) is 10.0. The summed E-state index contributed by atoms with van der Waals surface area (Å²) in [7, 11) is -1.58. The number of nitrogens with zero attached hydrogens (tertiary/aromatic N) is 5. The molecule has 2 aliphatic rings. The molecule has 3 heterocycles. The van der Waals surface area contributed by atoms with Gasteiger partial charge in [-0.2, -0.15) is 0 Å². The third kappa shape index (κ3) is 4.05. The average Bonchev–Trinajstić information content (AvgIpc) is 3.43. The minimum absolute atomic E-state index is 0.134. The van der Waals surface area contributed by atoms with Gasteiger partial charge in [0.25, 0.3) is 0 Å². The topological polar surface area (TPSA) is 67.1 Å². The van der Waals surface area contributed by atoms with Crippen molar-refractivity contribution in [2.24, 2.45) is 0 Å². The second-order valence-corrected chi connectivity index (χ2v) is 16.9. The first kappa shape index (κ1) is 23.0. The molecule has 1 saturated carbocycles. The van der Waals surface area contributed by atoms with Crippen LogP contribution in [0.25, 0.3) is 0 Å². The Morgan fingerprint density at radius 3 is 2.61 bits per heavy atom. The highest BCUT2D eigenvalue weighted by Gasteiger charge is 2.54. The van der Waals surface area contributed by atoms with Crippen LogP contribution in [-0.2, 0) is 12.0 Å². The lowest BCUT2D eigenvalue weighted by atomic mass is 9.81. The highest BCUT2D eigenvalue weighted by Crippen LogP contribution is 2.56. The molecule has 0 radical (unpaired) electrons. The van der Waals surface area contributed by atoms with Crippen molar-refractivity contribution in [2.75, 3.05) is 11.4 Å². The molecule has 1 aliphatic heterocycles. The monoisotopic (exact) mass is 545 g/mol. The molecule has 0 bridgehead atoms. The summed E-state index contributed by atoms with van der Waals surface area (Å²) in [6.07, 6.45) is 4.67. The molecule has 1 fully saturated rings. The van der Waals surface area contributed by atoms with Crippen molar-refractivity contribution >= 4 is 46.7 Å². The maximum atomic E-state index is 11.2. The van der Waals surface area contributed by atoms with Gasteiger partial charge < -0.3 is 10.0 Å². The van der Waals surface area contributed by atoms with Crippen LogP contribution in [-0.4, -0.2) is 45.8 Å². The summed E-state index contributed by atoms with van der Waals surface area (Å²) in [5, 5.41) is 21.8. The van der Waals surface area contributed by atoms with E-state index in [1.54, 1.807) is 6.20 Å². The Hall–Kier alpha value is -1.74. The van der Waals surface area contributed by atoms with Crippen molar-refractivity contribution in [1.29, 1.82) is 0 Å². The normalized spacial score (nSPS) is 24.6. The van der Waals surface area contributed by atoms with Crippen LogP contribution in [0.1, 0.15) is 35.6 Å². The molecule has 1 aromatic carbocycles. The largest absolute Gasteiger partial charge is 0.391 e. The molecule has 174 valence electrons. The summed E-state index contributed by atoms with van der Waals surface area (Å²) in [4.78, 5) is 7.08. The number of fused-ring (bicyclic) bond motifs is 2. The van der Waals surface area contributed by atoms with Crippen LogP contribution < -0.4 is 10.2 Å². The smallest absolute Gasteiger partial charge is 0.134 e. The molecule has 1 aliphatic carbocycles. The van der Waals surface area contributed by atoms with Gasteiger partial charge in [0, 0.05) is 36.5 Å². The summed E-state index contributed by atoms with van der Waals surface area (Å²) in [5.41, 5.74) is 3.23. The summed E-state index contributed by atoms with van der Waals surface area (Å²) in [6.45, 7) is 10.4. The maximum Gasteiger partial charge on any atom is 0.134 e. The third-order valence-electron chi connectivity index (χ3n) is 7.03. The molecule has 5 rings (SSSR count). The molecule has 1 spiro atoms. The molecule has 0 saturated heterocycles. The van der Waals surface area contributed by atoms with Gasteiger partial charge in [-0.1, -0.05) is 66.3 Å². The number of aliphatic hydroxyl groups excluding tert-OH is 1. The van der Waals surface area contributed by atoms with Gasteiger partial charge in [0.1, 0.15) is 13.9 Å². The average molecular weight is 547 g/mol. The maximum absolute atomic E-state index is 11.2. The van der Waals surface area contributed by atoms with E-state index in [2.05, 4.69) is 82.0 Å². The van der Waals surface area contributed by atoms with Crippen molar-refractivity contribution in [3.63, 3.8) is 0 Å². The van der Waals surface area contributed by atoms with E-state index < -0.39 is 14.2 Å². The molecule has 3 aromatic rings. The van der Waals surface area contributed by atoms with Gasteiger partial charge in [-0.05, 0) is 41.3 Å². The number of anilines is 1. The van der Waals surface area contributed by atoms with Crippen LogP contribution in [0.5, 0.6) is 0 Å². The van der Waals surface area contributed by atoms with E-state index in [4.69, 9.17) is 16.6 Å². The summed E-state index contributed by atoms with van der Waals surface area (Å²) in [6, 6.07) is 8.48. The van der Waals surface area contributed by atoms with Crippen LogP contribution >= 0.6 is 27.5 Å². The molecular weight excluding hydrogens is 518 g/mol.